The van der Waals surface area contributed by atoms with Gasteiger partial charge >= 0.3 is 5.97 Å². The van der Waals surface area contributed by atoms with E-state index in [1.807, 2.05) is 13.8 Å². The lowest BCUT2D eigenvalue weighted by Crippen LogP contribution is -2.32. The van der Waals surface area contributed by atoms with Crippen LogP contribution in [-0.2, 0) is 14.3 Å². The molecule has 1 aliphatic heterocycles. The topological polar surface area (TPSA) is 72.4 Å². The molecule has 0 aromatic carbocycles. The zero-order chi connectivity index (χ0) is 15.0. The molecule has 21 heavy (non-hydrogen) atoms. The normalized spacial score (nSPS) is 25.0. The minimum absolute atomic E-state index is 0.0352. The van der Waals surface area contributed by atoms with Gasteiger partial charge in [0, 0.05) is 18.9 Å². The number of amides is 1. The van der Waals surface area contributed by atoms with Crippen LogP contribution < -0.4 is 4.90 Å². The molecule has 1 amide bonds. The minimum atomic E-state index is -0.211. The fourth-order valence-corrected chi connectivity index (χ4v) is 4.54. The van der Waals surface area contributed by atoms with Gasteiger partial charge in [0.2, 0.25) is 11.0 Å². The van der Waals surface area contributed by atoms with E-state index in [4.69, 9.17) is 4.74 Å². The number of esters is 1. The van der Waals surface area contributed by atoms with Crippen molar-refractivity contribution in [1.82, 2.24) is 10.2 Å². The van der Waals surface area contributed by atoms with Crippen molar-refractivity contribution in [2.45, 2.75) is 61.3 Å². The summed E-state index contributed by atoms with van der Waals surface area (Å²) in [5.41, 5.74) is 0. The maximum Gasteiger partial charge on any atom is 0.319 e. The molecule has 1 aliphatic carbocycles. The van der Waals surface area contributed by atoms with Crippen LogP contribution in [-0.4, -0.2) is 39.5 Å². The number of carbonyl (C=O) groups excluding carboxylic acids is 2. The van der Waals surface area contributed by atoms with Gasteiger partial charge in [-0.3, -0.25) is 14.5 Å². The van der Waals surface area contributed by atoms with Crippen LogP contribution in [0.1, 0.15) is 39.5 Å². The maximum absolute atomic E-state index is 12.0. The van der Waals surface area contributed by atoms with Gasteiger partial charge in [-0.05, 0) is 19.8 Å². The molecule has 6 nitrogen and oxygen atoms in total. The molecule has 2 fully saturated rings. The highest BCUT2D eigenvalue weighted by molar-refractivity contribution is 8.02. The lowest BCUT2D eigenvalue weighted by molar-refractivity contribution is -0.140. The molecule has 1 aromatic rings. The summed E-state index contributed by atoms with van der Waals surface area (Å²) in [7, 11) is 0. The molecule has 2 atom stereocenters. The smallest absolute Gasteiger partial charge is 0.319 e. The number of aromatic nitrogens is 2. The molecular weight excluding hydrogens is 310 g/mol. The number of hydrogen-bond donors (Lipinski definition) is 0. The highest BCUT2D eigenvalue weighted by atomic mass is 32.2. The Balaban J connectivity index is 1.70. The fraction of sp³-hybridized carbons (Fsp3) is 0.692. The molecule has 1 saturated carbocycles. The van der Waals surface area contributed by atoms with Crippen LogP contribution in [0.25, 0.3) is 0 Å². The van der Waals surface area contributed by atoms with E-state index in [0.29, 0.717) is 18.0 Å². The second kappa shape index (κ2) is 5.92. The van der Waals surface area contributed by atoms with Crippen LogP contribution in [0, 0.1) is 0 Å². The van der Waals surface area contributed by atoms with Gasteiger partial charge in [0.15, 0.2) is 4.34 Å². The Hall–Kier alpha value is -1.15. The zero-order valence-corrected chi connectivity index (χ0v) is 13.6. The molecule has 0 N–H and O–H groups in total. The summed E-state index contributed by atoms with van der Waals surface area (Å²) in [6.45, 7) is 3.74. The van der Waals surface area contributed by atoms with Gasteiger partial charge in [-0.25, -0.2) is 0 Å². The number of hydrogen-bond acceptors (Lipinski definition) is 7. The number of nitrogens with zero attached hydrogens (tertiary/aromatic N) is 3. The molecule has 1 aromatic heterocycles. The third-order valence-electron chi connectivity index (χ3n) is 3.45. The Labute approximate surface area is 131 Å². The van der Waals surface area contributed by atoms with Crippen molar-refractivity contribution in [3.8, 4) is 0 Å². The summed E-state index contributed by atoms with van der Waals surface area (Å²) < 4.78 is 5.85. The molecular formula is C13H17N3O3S2. The first-order valence-corrected chi connectivity index (χ1v) is 8.80. The second-order valence-electron chi connectivity index (χ2n) is 5.29. The van der Waals surface area contributed by atoms with E-state index in [1.54, 1.807) is 4.90 Å². The number of ether oxygens (including phenoxy) is 1. The van der Waals surface area contributed by atoms with Crippen LogP contribution in [0.15, 0.2) is 4.34 Å². The Bertz CT molecular complexity index is 559. The van der Waals surface area contributed by atoms with Crippen LogP contribution in [0.4, 0.5) is 5.13 Å². The van der Waals surface area contributed by atoms with E-state index in [0.717, 1.165) is 17.2 Å². The lowest BCUT2D eigenvalue weighted by atomic mass is 10.3. The third kappa shape index (κ3) is 3.21. The Morgan fingerprint density at radius 3 is 2.81 bits per heavy atom. The van der Waals surface area contributed by atoms with E-state index in [9.17, 15) is 9.59 Å². The molecule has 2 unspecified atom stereocenters. The summed E-state index contributed by atoms with van der Waals surface area (Å²) in [5, 5.41) is 8.68. The summed E-state index contributed by atoms with van der Waals surface area (Å²) in [4.78, 5) is 25.4. The fourth-order valence-electron chi connectivity index (χ4n) is 2.25. The Kier molecular flexibility index (Phi) is 4.17. The van der Waals surface area contributed by atoms with E-state index >= 15 is 0 Å². The van der Waals surface area contributed by atoms with Crippen molar-refractivity contribution in [3.63, 3.8) is 0 Å². The Morgan fingerprint density at radius 2 is 2.24 bits per heavy atom. The molecule has 1 saturated heterocycles. The third-order valence-corrected chi connectivity index (χ3v) is 5.66. The zero-order valence-electron chi connectivity index (χ0n) is 11.9. The van der Waals surface area contributed by atoms with Gasteiger partial charge in [-0.15, -0.1) is 10.2 Å². The highest BCUT2D eigenvalue weighted by Gasteiger charge is 2.37. The van der Waals surface area contributed by atoms with Crippen molar-refractivity contribution in [1.29, 1.82) is 0 Å². The number of anilines is 1. The number of cyclic esters (lactones) is 1. The summed E-state index contributed by atoms with van der Waals surface area (Å²) >= 11 is 2.77. The lowest BCUT2D eigenvalue weighted by Gasteiger charge is -2.17. The first-order valence-electron chi connectivity index (χ1n) is 7.11. The van der Waals surface area contributed by atoms with Gasteiger partial charge < -0.3 is 4.74 Å². The monoisotopic (exact) mass is 327 g/mol. The van der Waals surface area contributed by atoms with Crippen molar-refractivity contribution in [2.75, 3.05) is 4.90 Å². The van der Waals surface area contributed by atoms with Crippen molar-refractivity contribution in [2.24, 2.45) is 0 Å². The molecule has 0 spiro atoms. The number of carbonyl (C=O) groups is 2. The van der Waals surface area contributed by atoms with Crippen molar-refractivity contribution >= 4 is 40.1 Å². The number of rotatable bonds is 5. The quantitative estimate of drug-likeness (QED) is 0.610. The summed E-state index contributed by atoms with van der Waals surface area (Å²) in [6, 6.07) is 0.278. The highest BCUT2D eigenvalue weighted by Crippen LogP contribution is 2.39. The standard InChI is InChI=1S/C13H17N3O3S2/c1-3-10(17)16(8-4-5-8)12-14-15-13(21-12)20-9-6-7(2)19-11(9)18/h7-9H,3-6H2,1-2H3. The van der Waals surface area contributed by atoms with Crippen molar-refractivity contribution in [3.05, 3.63) is 0 Å². The average Bonchev–Trinajstić information content (AvgIpc) is 3.09. The molecule has 0 bridgehead atoms. The molecule has 2 aliphatic rings. The van der Waals surface area contributed by atoms with Gasteiger partial charge in [-0.2, -0.15) is 0 Å². The molecule has 3 rings (SSSR count). The number of thioether (sulfide) groups is 1. The van der Waals surface area contributed by atoms with Crippen molar-refractivity contribution < 1.29 is 14.3 Å². The van der Waals surface area contributed by atoms with E-state index < -0.39 is 0 Å². The maximum atomic E-state index is 12.0. The van der Waals surface area contributed by atoms with Gasteiger partial charge in [-0.1, -0.05) is 30.0 Å². The predicted octanol–water partition coefficient (Wildman–Crippen LogP) is 2.24. The van der Waals surface area contributed by atoms with Crippen LogP contribution in [0.2, 0.25) is 0 Å². The van der Waals surface area contributed by atoms with Crippen LogP contribution in [0.3, 0.4) is 0 Å². The van der Waals surface area contributed by atoms with E-state index in [2.05, 4.69) is 10.2 Å². The average molecular weight is 327 g/mol. The summed E-state index contributed by atoms with van der Waals surface area (Å²) in [6.07, 6.45) is 3.18. The van der Waals surface area contributed by atoms with Gasteiger partial charge in [0.25, 0.3) is 0 Å². The molecule has 114 valence electrons. The van der Waals surface area contributed by atoms with Crippen LogP contribution in [0.5, 0.6) is 0 Å². The SMILES string of the molecule is CCC(=O)N(c1nnc(SC2CC(C)OC2=O)s1)C1CC1. The van der Waals surface area contributed by atoms with Crippen LogP contribution >= 0.6 is 23.1 Å². The van der Waals surface area contributed by atoms with E-state index in [-0.39, 0.29) is 29.3 Å². The second-order valence-corrected chi connectivity index (χ2v) is 7.69. The predicted molar refractivity (Wildman–Crippen MR) is 80.5 cm³/mol. The Morgan fingerprint density at radius 1 is 1.48 bits per heavy atom. The van der Waals surface area contributed by atoms with Gasteiger partial charge in [0.05, 0.1) is 0 Å². The summed E-state index contributed by atoms with van der Waals surface area (Å²) in [5.74, 6) is -0.105. The first-order chi connectivity index (χ1) is 10.1. The molecule has 8 heteroatoms. The van der Waals surface area contributed by atoms with Gasteiger partial charge in [0.1, 0.15) is 11.4 Å². The largest absolute Gasteiger partial charge is 0.462 e. The minimum Gasteiger partial charge on any atom is -0.462 e. The molecule has 0 radical (unpaired) electrons. The first kappa shape index (κ1) is 14.8. The molecule has 2 heterocycles. The van der Waals surface area contributed by atoms with E-state index in [1.165, 1.54) is 23.1 Å².